The molecule has 2 fully saturated rings. The van der Waals surface area contributed by atoms with Gasteiger partial charge >= 0.3 is 0 Å². The fourth-order valence-corrected chi connectivity index (χ4v) is 4.78. The second-order valence-corrected chi connectivity index (χ2v) is 8.30. The van der Waals surface area contributed by atoms with Crippen LogP contribution in [0.2, 0.25) is 0 Å². The summed E-state index contributed by atoms with van der Waals surface area (Å²) in [4.78, 5) is 14.7. The Balaban J connectivity index is 0.00000220. The Morgan fingerprint density at radius 2 is 1.76 bits per heavy atom. The molecule has 1 N–H and O–H groups in total. The molecule has 2 rings (SSSR count). The van der Waals surface area contributed by atoms with Crippen LogP contribution in [0.4, 0.5) is 0 Å². The summed E-state index contributed by atoms with van der Waals surface area (Å²) in [6, 6.07) is 0. The zero-order chi connectivity index (χ0) is 14.8. The molecule has 0 spiro atoms. The number of nitrogens with one attached hydrogen (secondary N) is 1. The molecule has 124 valence electrons. The van der Waals surface area contributed by atoms with E-state index in [-0.39, 0.29) is 23.9 Å². The molecule has 4 heteroatoms. The molecule has 2 unspecified atom stereocenters. The van der Waals surface area contributed by atoms with Crippen LogP contribution in [0.3, 0.4) is 0 Å². The van der Waals surface area contributed by atoms with E-state index in [0.29, 0.717) is 17.9 Å². The minimum atomic E-state index is -0.0198. The maximum atomic E-state index is 12.3. The first-order valence-electron chi connectivity index (χ1n) is 8.31. The van der Waals surface area contributed by atoms with Crippen molar-refractivity contribution in [2.24, 2.45) is 11.3 Å². The fourth-order valence-electron chi connectivity index (χ4n) is 4.78. The van der Waals surface area contributed by atoms with Crippen LogP contribution in [0.25, 0.3) is 0 Å². The first-order chi connectivity index (χ1) is 9.28. The van der Waals surface area contributed by atoms with Crippen LogP contribution in [-0.4, -0.2) is 36.0 Å². The minimum Gasteiger partial charge on any atom is -0.350 e. The molecule has 0 radical (unpaired) electrons. The highest BCUT2D eigenvalue weighted by atomic mass is 35.5. The summed E-state index contributed by atoms with van der Waals surface area (Å²) in [5.41, 5.74) is 0.318. The summed E-state index contributed by atoms with van der Waals surface area (Å²) in [5, 5.41) is 3.35. The van der Waals surface area contributed by atoms with Gasteiger partial charge in [0, 0.05) is 5.54 Å². The maximum absolute atomic E-state index is 12.3. The van der Waals surface area contributed by atoms with E-state index in [4.69, 9.17) is 0 Å². The molecule has 1 heterocycles. The Morgan fingerprint density at radius 1 is 1.14 bits per heavy atom. The van der Waals surface area contributed by atoms with Crippen molar-refractivity contribution in [1.29, 1.82) is 0 Å². The van der Waals surface area contributed by atoms with E-state index in [2.05, 4.69) is 37.9 Å². The van der Waals surface area contributed by atoms with Crippen LogP contribution in [0.1, 0.15) is 66.2 Å². The molecule has 1 amide bonds. The topological polar surface area (TPSA) is 32.3 Å². The third-order valence-electron chi connectivity index (χ3n) is 4.83. The molecule has 21 heavy (non-hydrogen) atoms. The third-order valence-corrected chi connectivity index (χ3v) is 4.83. The van der Waals surface area contributed by atoms with Gasteiger partial charge in [-0.2, -0.15) is 0 Å². The lowest BCUT2D eigenvalue weighted by Gasteiger charge is -2.46. The van der Waals surface area contributed by atoms with Gasteiger partial charge in [-0.05, 0) is 63.5 Å². The number of halogens is 1. The highest BCUT2D eigenvalue weighted by Gasteiger charge is 2.40. The first-order valence-corrected chi connectivity index (χ1v) is 8.31. The van der Waals surface area contributed by atoms with Gasteiger partial charge in [0.25, 0.3) is 0 Å². The predicted molar refractivity (Wildman–Crippen MR) is 90.9 cm³/mol. The maximum Gasteiger partial charge on any atom is 0.234 e. The number of amides is 1. The second kappa shape index (κ2) is 7.32. The minimum absolute atomic E-state index is 0. The zero-order valence-electron chi connectivity index (χ0n) is 14.2. The number of carbonyl (C=O) groups is 1. The zero-order valence-corrected chi connectivity index (χ0v) is 15.0. The lowest BCUT2D eigenvalue weighted by atomic mass is 9.65. The molecular formula is C17H33ClN2O. The molecule has 3 nitrogen and oxygen atoms in total. The highest BCUT2D eigenvalue weighted by Crippen LogP contribution is 2.43. The lowest BCUT2D eigenvalue weighted by Crippen LogP contribution is -2.54. The molecule has 1 saturated heterocycles. The normalized spacial score (nSPS) is 33.0. The van der Waals surface area contributed by atoms with Crippen molar-refractivity contribution in [3.63, 3.8) is 0 Å². The largest absolute Gasteiger partial charge is 0.350 e. The van der Waals surface area contributed by atoms with Gasteiger partial charge in [-0.25, -0.2) is 0 Å². The molecule has 2 atom stereocenters. The predicted octanol–water partition coefficient (Wildman–Crippen LogP) is 3.62. The second-order valence-electron chi connectivity index (χ2n) is 8.30. The van der Waals surface area contributed by atoms with Gasteiger partial charge in [0.05, 0.1) is 6.54 Å². The van der Waals surface area contributed by atoms with Crippen molar-refractivity contribution in [2.45, 2.75) is 71.8 Å². The number of hydrogen-bond acceptors (Lipinski definition) is 2. The number of rotatable bonds is 3. The molecule has 1 aliphatic heterocycles. The van der Waals surface area contributed by atoms with E-state index in [1.807, 2.05) is 0 Å². The summed E-state index contributed by atoms with van der Waals surface area (Å²) in [5.74, 6) is 0.915. The average Bonchev–Trinajstić information content (AvgIpc) is 2.25. The highest BCUT2D eigenvalue weighted by molar-refractivity contribution is 5.85. The van der Waals surface area contributed by atoms with Crippen molar-refractivity contribution in [3.05, 3.63) is 0 Å². The summed E-state index contributed by atoms with van der Waals surface area (Å²) < 4.78 is 0. The standard InChI is InChI=1S/C17H32N2O.ClH/c1-14-10-16(2,3)13-17(4,11-14)18-15(20)12-19-8-6-5-7-9-19;/h14H,5-13H2,1-4H3,(H,18,20);1H. The van der Waals surface area contributed by atoms with Crippen molar-refractivity contribution in [1.82, 2.24) is 10.2 Å². The SMILES string of the molecule is CC1CC(C)(C)CC(C)(NC(=O)CN2CCCCC2)C1.Cl. The van der Waals surface area contributed by atoms with E-state index in [9.17, 15) is 4.79 Å². The lowest BCUT2D eigenvalue weighted by molar-refractivity contribution is -0.125. The molecule has 0 bridgehead atoms. The number of likely N-dealkylation sites (tertiary alicyclic amines) is 1. The molecular weight excluding hydrogens is 284 g/mol. The van der Waals surface area contributed by atoms with Crippen LogP contribution >= 0.6 is 12.4 Å². The van der Waals surface area contributed by atoms with Gasteiger partial charge in [-0.3, -0.25) is 9.69 Å². The van der Waals surface area contributed by atoms with Crippen LogP contribution in [0, 0.1) is 11.3 Å². The van der Waals surface area contributed by atoms with E-state index in [1.54, 1.807) is 0 Å². The Morgan fingerprint density at radius 3 is 2.33 bits per heavy atom. The Bertz CT molecular complexity index is 353. The van der Waals surface area contributed by atoms with Gasteiger partial charge in [-0.1, -0.05) is 27.2 Å². The Kier molecular flexibility index (Phi) is 6.54. The van der Waals surface area contributed by atoms with E-state index >= 15 is 0 Å². The molecule has 0 aromatic carbocycles. The van der Waals surface area contributed by atoms with Gasteiger partial charge in [0.15, 0.2) is 0 Å². The smallest absolute Gasteiger partial charge is 0.234 e. The summed E-state index contributed by atoms with van der Waals surface area (Å²) >= 11 is 0. The number of carbonyl (C=O) groups excluding carboxylic acids is 1. The molecule has 0 aromatic rings. The van der Waals surface area contributed by atoms with Crippen molar-refractivity contribution in [3.8, 4) is 0 Å². The fraction of sp³-hybridized carbons (Fsp3) is 0.941. The van der Waals surface area contributed by atoms with Gasteiger partial charge in [0.1, 0.15) is 0 Å². The monoisotopic (exact) mass is 316 g/mol. The van der Waals surface area contributed by atoms with Crippen LogP contribution in [0.5, 0.6) is 0 Å². The van der Waals surface area contributed by atoms with Gasteiger partial charge in [-0.15, -0.1) is 12.4 Å². The molecule has 1 aliphatic carbocycles. The van der Waals surface area contributed by atoms with E-state index in [0.717, 1.165) is 25.9 Å². The van der Waals surface area contributed by atoms with Crippen LogP contribution < -0.4 is 5.32 Å². The first kappa shape index (κ1) is 18.8. The van der Waals surface area contributed by atoms with E-state index in [1.165, 1.54) is 25.7 Å². The van der Waals surface area contributed by atoms with Gasteiger partial charge in [0.2, 0.25) is 5.91 Å². The van der Waals surface area contributed by atoms with E-state index < -0.39 is 0 Å². The quantitative estimate of drug-likeness (QED) is 0.862. The van der Waals surface area contributed by atoms with Crippen LogP contribution in [-0.2, 0) is 4.79 Å². The van der Waals surface area contributed by atoms with Crippen molar-refractivity contribution in [2.75, 3.05) is 19.6 Å². The summed E-state index contributed by atoms with van der Waals surface area (Å²) in [7, 11) is 0. The molecule has 2 aliphatic rings. The number of hydrogen-bond donors (Lipinski definition) is 1. The number of piperidine rings is 1. The third kappa shape index (κ3) is 5.78. The average molecular weight is 317 g/mol. The Hall–Kier alpha value is -0.280. The number of nitrogens with zero attached hydrogens (tertiary/aromatic N) is 1. The molecule has 0 aromatic heterocycles. The summed E-state index contributed by atoms with van der Waals surface area (Å²) in [6.07, 6.45) is 7.29. The van der Waals surface area contributed by atoms with Crippen LogP contribution in [0.15, 0.2) is 0 Å². The van der Waals surface area contributed by atoms with Gasteiger partial charge < -0.3 is 5.32 Å². The Labute approximate surface area is 136 Å². The summed E-state index contributed by atoms with van der Waals surface area (Å²) in [6.45, 7) is 12.0. The molecule has 1 saturated carbocycles. The van der Waals surface area contributed by atoms with Crippen molar-refractivity contribution < 1.29 is 4.79 Å². The van der Waals surface area contributed by atoms with Crippen molar-refractivity contribution >= 4 is 18.3 Å².